The van der Waals surface area contributed by atoms with Crippen LogP contribution in [0.2, 0.25) is 0 Å². The Kier molecular flexibility index (Phi) is 3.71. The molecule has 0 bridgehead atoms. The predicted molar refractivity (Wildman–Crippen MR) is 81.9 cm³/mol. The van der Waals surface area contributed by atoms with Gasteiger partial charge in [-0.05, 0) is 55.4 Å². The van der Waals surface area contributed by atoms with Crippen molar-refractivity contribution in [3.63, 3.8) is 0 Å². The Labute approximate surface area is 131 Å². The van der Waals surface area contributed by atoms with Gasteiger partial charge < -0.3 is 9.84 Å². The van der Waals surface area contributed by atoms with Gasteiger partial charge in [0.1, 0.15) is 0 Å². The molecule has 0 heterocycles. The van der Waals surface area contributed by atoms with E-state index < -0.39 is 11.5 Å². The first kappa shape index (κ1) is 15.7. The number of rotatable bonds is 1. The SMILES string of the molecule is COC(=O)[C@]1(C)CCC[C@@]2(C)[C@H]1C[C@@H](O)[C@H]1CC(=O)C=C[C@@H]12. The van der Waals surface area contributed by atoms with Crippen molar-refractivity contribution in [2.45, 2.75) is 52.1 Å². The van der Waals surface area contributed by atoms with Crippen LogP contribution in [0, 0.1) is 28.6 Å². The van der Waals surface area contributed by atoms with Crippen LogP contribution in [0.5, 0.6) is 0 Å². The molecule has 2 fully saturated rings. The standard InChI is InChI=1S/C18H26O4/c1-17-7-4-8-18(2,16(21)22-3)15(17)10-14(20)12-9-11(19)5-6-13(12)17/h5-6,12-15,20H,4,7-10H2,1-3H3/t12-,13-,14+,15+,17+,18+/m0/s1. The maximum Gasteiger partial charge on any atom is 0.311 e. The molecule has 0 aromatic heterocycles. The summed E-state index contributed by atoms with van der Waals surface area (Å²) in [5.41, 5.74) is -0.592. The van der Waals surface area contributed by atoms with Crippen molar-refractivity contribution >= 4 is 11.8 Å². The Hall–Kier alpha value is -1.16. The minimum absolute atomic E-state index is 0.00116. The molecule has 4 heteroatoms. The zero-order valence-electron chi connectivity index (χ0n) is 13.7. The van der Waals surface area contributed by atoms with E-state index in [4.69, 9.17) is 4.74 Å². The molecule has 22 heavy (non-hydrogen) atoms. The van der Waals surface area contributed by atoms with Gasteiger partial charge in [-0.3, -0.25) is 9.59 Å². The van der Waals surface area contributed by atoms with Gasteiger partial charge in [-0.15, -0.1) is 0 Å². The van der Waals surface area contributed by atoms with Gasteiger partial charge >= 0.3 is 5.97 Å². The smallest absolute Gasteiger partial charge is 0.311 e. The third-order valence-corrected chi connectivity index (χ3v) is 6.75. The monoisotopic (exact) mass is 306 g/mol. The topological polar surface area (TPSA) is 63.6 Å². The number of aliphatic hydroxyl groups excluding tert-OH is 1. The molecule has 0 saturated heterocycles. The first-order valence-corrected chi connectivity index (χ1v) is 8.30. The van der Waals surface area contributed by atoms with Crippen LogP contribution in [0.25, 0.3) is 0 Å². The lowest BCUT2D eigenvalue weighted by molar-refractivity contribution is -0.180. The number of carbonyl (C=O) groups excluding carboxylic acids is 2. The summed E-state index contributed by atoms with van der Waals surface area (Å²) < 4.78 is 5.08. The van der Waals surface area contributed by atoms with Crippen molar-refractivity contribution in [3.05, 3.63) is 12.2 Å². The number of allylic oxidation sites excluding steroid dienone is 2. The van der Waals surface area contributed by atoms with Crippen molar-refractivity contribution in [1.82, 2.24) is 0 Å². The van der Waals surface area contributed by atoms with Gasteiger partial charge in [0.05, 0.1) is 18.6 Å². The Morgan fingerprint density at radius 1 is 1.36 bits per heavy atom. The summed E-state index contributed by atoms with van der Waals surface area (Å²) in [5, 5.41) is 10.6. The molecule has 0 aliphatic heterocycles. The molecule has 0 unspecified atom stereocenters. The van der Waals surface area contributed by atoms with E-state index in [0.29, 0.717) is 12.8 Å². The van der Waals surface area contributed by atoms with Crippen molar-refractivity contribution in [1.29, 1.82) is 0 Å². The second kappa shape index (κ2) is 5.19. The van der Waals surface area contributed by atoms with E-state index in [1.807, 2.05) is 13.0 Å². The molecule has 0 spiro atoms. The molecule has 3 aliphatic rings. The Morgan fingerprint density at radius 3 is 2.77 bits per heavy atom. The Bertz CT molecular complexity index is 525. The average molecular weight is 306 g/mol. The fourth-order valence-electron chi connectivity index (χ4n) is 5.60. The minimum Gasteiger partial charge on any atom is -0.469 e. The highest BCUT2D eigenvalue weighted by Gasteiger charge is 2.61. The van der Waals surface area contributed by atoms with E-state index in [1.165, 1.54) is 7.11 Å². The number of ketones is 1. The zero-order valence-corrected chi connectivity index (χ0v) is 13.7. The summed E-state index contributed by atoms with van der Waals surface area (Å²) in [6.45, 7) is 4.23. The third-order valence-electron chi connectivity index (χ3n) is 6.75. The van der Waals surface area contributed by atoms with E-state index in [9.17, 15) is 14.7 Å². The summed E-state index contributed by atoms with van der Waals surface area (Å²) in [4.78, 5) is 24.2. The molecule has 4 nitrogen and oxygen atoms in total. The number of methoxy groups -OCH3 is 1. The molecule has 0 aromatic rings. The largest absolute Gasteiger partial charge is 0.469 e. The lowest BCUT2D eigenvalue weighted by atomic mass is 9.44. The summed E-state index contributed by atoms with van der Waals surface area (Å²) in [7, 11) is 1.45. The maximum absolute atomic E-state index is 12.4. The number of hydrogen-bond acceptors (Lipinski definition) is 4. The van der Waals surface area contributed by atoms with Crippen LogP contribution in [0.1, 0.15) is 46.0 Å². The highest BCUT2D eigenvalue weighted by molar-refractivity contribution is 5.90. The summed E-state index contributed by atoms with van der Waals surface area (Å²) in [6.07, 6.45) is 7.01. The molecule has 0 amide bonds. The lowest BCUT2D eigenvalue weighted by Gasteiger charge is -2.60. The van der Waals surface area contributed by atoms with Gasteiger partial charge in [-0.25, -0.2) is 0 Å². The molecule has 3 rings (SSSR count). The van der Waals surface area contributed by atoms with Gasteiger partial charge in [0.2, 0.25) is 0 Å². The molecule has 0 radical (unpaired) electrons. The number of ether oxygens (including phenoxy) is 1. The number of esters is 1. The second-order valence-corrected chi connectivity index (χ2v) is 7.84. The maximum atomic E-state index is 12.4. The Balaban J connectivity index is 2.03. The molecular formula is C18H26O4. The van der Waals surface area contributed by atoms with Crippen molar-refractivity contribution in [3.8, 4) is 0 Å². The first-order valence-electron chi connectivity index (χ1n) is 8.30. The van der Waals surface area contributed by atoms with Gasteiger partial charge in [-0.2, -0.15) is 0 Å². The summed E-state index contributed by atoms with van der Waals surface area (Å²) in [6, 6.07) is 0. The molecule has 0 aromatic carbocycles. The predicted octanol–water partition coefficient (Wildman–Crippen LogP) is 2.50. The van der Waals surface area contributed by atoms with Crippen LogP contribution in [-0.4, -0.2) is 30.1 Å². The van der Waals surface area contributed by atoms with Crippen LogP contribution in [0.4, 0.5) is 0 Å². The second-order valence-electron chi connectivity index (χ2n) is 7.84. The van der Waals surface area contributed by atoms with E-state index in [2.05, 4.69) is 6.92 Å². The quantitative estimate of drug-likeness (QED) is 0.756. The number of hydrogen-bond donors (Lipinski definition) is 1. The van der Waals surface area contributed by atoms with Crippen LogP contribution in [0.15, 0.2) is 12.2 Å². The van der Waals surface area contributed by atoms with Crippen LogP contribution in [0.3, 0.4) is 0 Å². The van der Waals surface area contributed by atoms with Crippen molar-refractivity contribution < 1.29 is 19.4 Å². The number of aliphatic hydroxyl groups is 1. The summed E-state index contributed by atoms with van der Waals surface area (Å²) in [5.74, 6) is 0.205. The molecule has 6 atom stereocenters. The lowest BCUT2D eigenvalue weighted by Crippen LogP contribution is -2.58. The zero-order chi connectivity index (χ0) is 16.1. The highest BCUT2D eigenvalue weighted by Crippen LogP contribution is 2.62. The number of fused-ring (bicyclic) bond motifs is 3. The van der Waals surface area contributed by atoms with Crippen LogP contribution in [-0.2, 0) is 14.3 Å². The first-order chi connectivity index (χ1) is 10.3. The van der Waals surface area contributed by atoms with E-state index in [0.717, 1.165) is 19.3 Å². The van der Waals surface area contributed by atoms with Crippen LogP contribution >= 0.6 is 0 Å². The minimum atomic E-state index is -0.539. The Morgan fingerprint density at radius 2 is 2.09 bits per heavy atom. The number of carbonyl (C=O) groups is 2. The van der Waals surface area contributed by atoms with Crippen LogP contribution < -0.4 is 0 Å². The normalized spacial score (nSPS) is 47.5. The van der Waals surface area contributed by atoms with Crippen molar-refractivity contribution in [2.75, 3.05) is 7.11 Å². The summed E-state index contributed by atoms with van der Waals surface area (Å²) >= 11 is 0. The molecule has 2 saturated carbocycles. The average Bonchev–Trinajstić information content (AvgIpc) is 2.49. The highest BCUT2D eigenvalue weighted by atomic mass is 16.5. The van der Waals surface area contributed by atoms with E-state index in [-0.39, 0.29) is 34.9 Å². The fraction of sp³-hybridized carbons (Fsp3) is 0.778. The van der Waals surface area contributed by atoms with E-state index in [1.54, 1.807) is 6.08 Å². The van der Waals surface area contributed by atoms with E-state index >= 15 is 0 Å². The van der Waals surface area contributed by atoms with Gasteiger partial charge in [0.25, 0.3) is 0 Å². The third kappa shape index (κ3) is 2.07. The fourth-order valence-corrected chi connectivity index (χ4v) is 5.60. The van der Waals surface area contributed by atoms with Crippen molar-refractivity contribution in [2.24, 2.45) is 28.6 Å². The van der Waals surface area contributed by atoms with Gasteiger partial charge in [-0.1, -0.05) is 19.4 Å². The molecular weight excluding hydrogens is 280 g/mol. The van der Waals surface area contributed by atoms with Gasteiger partial charge in [0, 0.05) is 6.42 Å². The molecule has 122 valence electrons. The molecule has 1 N–H and O–H groups in total. The van der Waals surface area contributed by atoms with Gasteiger partial charge in [0.15, 0.2) is 5.78 Å². The molecule has 3 aliphatic carbocycles.